The molecule has 1 heterocycles. The minimum absolute atomic E-state index is 0.149. The van der Waals surface area contributed by atoms with E-state index in [2.05, 4.69) is 17.2 Å². The lowest BCUT2D eigenvalue weighted by molar-refractivity contribution is 0.306. The first kappa shape index (κ1) is 22.9. The maximum Gasteiger partial charge on any atom is 0.145 e. The monoisotopic (exact) mass is 485 g/mol. The van der Waals surface area contributed by atoms with Gasteiger partial charge >= 0.3 is 0 Å². The van der Waals surface area contributed by atoms with Crippen molar-refractivity contribution in [1.82, 2.24) is 9.78 Å². The lowest BCUT2D eigenvalue weighted by atomic mass is 10.1. The Balaban J connectivity index is 1.57. The highest BCUT2D eigenvalue weighted by molar-refractivity contribution is 6.35. The molecule has 0 aliphatic carbocycles. The molecule has 0 saturated heterocycles. The second-order valence-corrected chi connectivity index (χ2v) is 8.07. The van der Waals surface area contributed by atoms with Gasteiger partial charge in [0.1, 0.15) is 41.6 Å². The minimum Gasteiger partial charge on any atom is -0.489 e. The van der Waals surface area contributed by atoms with E-state index in [1.807, 2.05) is 36.4 Å². The van der Waals surface area contributed by atoms with Crippen molar-refractivity contribution in [3.63, 3.8) is 0 Å². The van der Waals surface area contributed by atoms with Gasteiger partial charge in [0.15, 0.2) is 0 Å². The van der Waals surface area contributed by atoms with Gasteiger partial charge in [-0.3, -0.25) is 0 Å². The molecular weight excluding hydrogens is 469 g/mol. The molecule has 0 spiro atoms. The quantitative estimate of drug-likeness (QED) is 0.324. The molecule has 0 amide bonds. The molecule has 0 fully saturated rings. The van der Waals surface area contributed by atoms with Crippen molar-refractivity contribution in [1.29, 1.82) is 10.5 Å². The van der Waals surface area contributed by atoms with E-state index >= 15 is 0 Å². The van der Waals surface area contributed by atoms with Gasteiger partial charge < -0.3 is 10.5 Å². The van der Waals surface area contributed by atoms with Crippen LogP contribution in [0.2, 0.25) is 10.0 Å². The summed E-state index contributed by atoms with van der Waals surface area (Å²) in [6.07, 6.45) is 1.65. The Morgan fingerprint density at radius 1 is 1.03 bits per heavy atom. The summed E-state index contributed by atoms with van der Waals surface area (Å²) in [5.41, 5.74) is 9.01. The number of nitrogens with two attached hydrogens (primary N) is 1. The maximum absolute atomic E-state index is 9.78. The van der Waals surface area contributed by atoms with Crippen LogP contribution in [0.1, 0.15) is 22.4 Å². The lowest BCUT2D eigenvalue weighted by Crippen LogP contribution is -2.02. The highest BCUT2D eigenvalue weighted by Crippen LogP contribution is 2.28. The van der Waals surface area contributed by atoms with Gasteiger partial charge in [-0.05, 0) is 48.0 Å². The number of nitrogens with zero attached hydrogens (tertiary/aromatic N) is 4. The lowest BCUT2D eigenvalue weighted by Gasteiger charge is -2.08. The Kier molecular flexibility index (Phi) is 6.85. The Morgan fingerprint density at radius 2 is 1.76 bits per heavy atom. The average molecular weight is 486 g/mol. The van der Waals surface area contributed by atoms with Crippen LogP contribution in [-0.4, -0.2) is 9.78 Å². The Labute approximate surface area is 206 Å². The normalized spacial score (nSPS) is 11.0. The highest BCUT2D eigenvalue weighted by Gasteiger charge is 2.19. The molecule has 6 nitrogen and oxygen atoms in total. The smallest absolute Gasteiger partial charge is 0.145 e. The molecule has 0 saturated carbocycles. The van der Waals surface area contributed by atoms with Crippen LogP contribution in [0.25, 0.3) is 17.3 Å². The van der Waals surface area contributed by atoms with Crippen LogP contribution >= 0.6 is 23.2 Å². The van der Waals surface area contributed by atoms with Gasteiger partial charge in [-0.25, -0.2) is 4.68 Å². The molecule has 4 aromatic rings. The van der Waals surface area contributed by atoms with Crippen molar-refractivity contribution in [2.24, 2.45) is 0 Å². The summed E-state index contributed by atoms with van der Waals surface area (Å²) >= 11 is 12.1. The third-order valence-electron chi connectivity index (χ3n) is 5.01. The number of para-hydroxylation sites is 1. The fourth-order valence-electron chi connectivity index (χ4n) is 3.28. The summed E-state index contributed by atoms with van der Waals surface area (Å²) in [6.45, 7) is 0.288. The highest BCUT2D eigenvalue weighted by atomic mass is 35.5. The molecule has 0 bridgehead atoms. The third-order valence-corrected chi connectivity index (χ3v) is 5.60. The Morgan fingerprint density at radius 3 is 2.41 bits per heavy atom. The van der Waals surface area contributed by atoms with Crippen LogP contribution in [0.4, 0.5) is 5.82 Å². The van der Waals surface area contributed by atoms with Crippen molar-refractivity contribution in [3.05, 3.63) is 105 Å². The number of halogens is 2. The number of nitrogen functional groups attached to an aromatic ring is 1. The standard InChI is InChI=1S/C26H17Cl2N5O/c27-20-9-8-18(24(28)13-20)16-34-22-10-6-17(7-11-22)12-19(14-29)25-23(15-30)26(31)33(32-25)21-4-2-1-3-5-21/h1-13H,16,31H2. The topological polar surface area (TPSA) is 101 Å². The van der Waals surface area contributed by atoms with Crippen molar-refractivity contribution in [3.8, 4) is 23.6 Å². The summed E-state index contributed by atoms with van der Waals surface area (Å²) in [5.74, 6) is 0.812. The summed E-state index contributed by atoms with van der Waals surface area (Å²) in [4.78, 5) is 0. The van der Waals surface area contributed by atoms with Gasteiger partial charge in [-0.15, -0.1) is 0 Å². The zero-order valence-electron chi connectivity index (χ0n) is 17.7. The number of benzene rings is 3. The number of aromatic nitrogens is 2. The molecule has 1 aromatic heterocycles. The summed E-state index contributed by atoms with van der Waals surface area (Å²) in [5, 5.41) is 25.0. The van der Waals surface area contributed by atoms with Gasteiger partial charge in [0, 0.05) is 15.6 Å². The summed E-state index contributed by atoms with van der Waals surface area (Å²) in [6, 6.07) is 25.8. The number of hydrogen-bond donors (Lipinski definition) is 1. The van der Waals surface area contributed by atoms with Crippen LogP contribution in [0.3, 0.4) is 0 Å². The number of rotatable bonds is 6. The third kappa shape index (κ3) is 4.89. The molecule has 0 aliphatic rings. The van der Waals surface area contributed by atoms with Crippen LogP contribution in [0.5, 0.6) is 5.75 Å². The number of allylic oxidation sites excluding steroid dienone is 1. The predicted octanol–water partition coefficient (Wildman–Crippen LogP) is 6.28. The van der Waals surface area contributed by atoms with Gasteiger partial charge in [0.05, 0.1) is 11.3 Å². The van der Waals surface area contributed by atoms with E-state index in [4.69, 9.17) is 33.7 Å². The predicted molar refractivity (Wildman–Crippen MR) is 133 cm³/mol. The van der Waals surface area contributed by atoms with Crippen LogP contribution in [-0.2, 0) is 6.61 Å². The van der Waals surface area contributed by atoms with E-state index in [9.17, 15) is 10.5 Å². The number of anilines is 1. The first-order valence-corrected chi connectivity index (χ1v) is 10.9. The van der Waals surface area contributed by atoms with E-state index in [0.717, 1.165) is 11.1 Å². The summed E-state index contributed by atoms with van der Waals surface area (Å²) < 4.78 is 7.26. The van der Waals surface area contributed by atoms with Gasteiger partial charge in [-0.2, -0.15) is 15.6 Å². The van der Waals surface area contributed by atoms with Crippen molar-refractivity contribution in [2.75, 3.05) is 5.73 Å². The zero-order chi connectivity index (χ0) is 24.1. The van der Waals surface area contributed by atoms with Crippen molar-refractivity contribution < 1.29 is 4.74 Å². The average Bonchev–Trinajstić information content (AvgIpc) is 3.19. The van der Waals surface area contributed by atoms with E-state index in [1.54, 1.807) is 42.5 Å². The van der Waals surface area contributed by atoms with Crippen LogP contribution < -0.4 is 10.5 Å². The Bertz CT molecular complexity index is 1450. The van der Waals surface area contributed by atoms with Gasteiger partial charge in [-0.1, -0.05) is 59.6 Å². The second-order valence-electron chi connectivity index (χ2n) is 7.23. The zero-order valence-corrected chi connectivity index (χ0v) is 19.3. The fourth-order valence-corrected chi connectivity index (χ4v) is 3.74. The number of ether oxygens (including phenoxy) is 1. The van der Waals surface area contributed by atoms with E-state index in [-0.39, 0.29) is 29.3 Å². The molecule has 8 heteroatoms. The maximum atomic E-state index is 9.78. The minimum atomic E-state index is 0.149. The van der Waals surface area contributed by atoms with Gasteiger partial charge in [0.25, 0.3) is 0 Å². The second kappa shape index (κ2) is 10.1. The summed E-state index contributed by atoms with van der Waals surface area (Å²) in [7, 11) is 0. The number of nitriles is 2. The molecule has 0 aliphatic heterocycles. The van der Waals surface area contributed by atoms with Crippen molar-refractivity contribution in [2.45, 2.75) is 6.61 Å². The molecule has 3 aromatic carbocycles. The molecule has 166 valence electrons. The largest absolute Gasteiger partial charge is 0.489 e. The first-order valence-electron chi connectivity index (χ1n) is 10.1. The van der Waals surface area contributed by atoms with E-state index in [0.29, 0.717) is 21.5 Å². The molecule has 34 heavy (non-hydrogen) atoms. The molecule has 0 atom stereocenters. The van der Waals surface area contributed by atoms with E-state index < -0.39 is 0 Å². The number of hydrogen-bond acceptors (Lipinski definition) is 5. The van der Waals surface area contributed by atoms with Crippen LogP contribution in [0, 0.1) is 22.7 Å². The first-order chi connectivity index (χ1) is 16.5. The fraction of sp³-hybridized carbons (Fsp3) is 0.0385. The SMILES string of the molecule is N#CC(=Cc1ccc(OCc2ccc(Cl)cc2Cl)cc1)c1nn(-c2ccccc2)c(N)c1C#N. The molecule has 2 N–H and O–H groups in total. The Hall–Kier alpha value is -4.23. The van der Waals surface area contributed by atoms with Crippen LogP contribution in [0.15, 0.2) is 72.8 Å². The van der Waals surface area contributed by atoms with Gasteiger partial charge in [0.2, 0.25) is 0 Å². The van der Waals surface area contributed by atoms with E-state index in [1.165, 1.54) is 4.68 Å². The molecular formula is C26H17Cl2N5O. The molecule has 0 unspecified atom stereocenters. The molecule has 4 rings (SSSR count). The van der Waals surface area contributed by atoms with Crippen molar-refractivity contribution >= 4 is 40.7 Å². The molecule has 0 radical (unpaired) electrons.